The van der Waals surface area contributed by atoms with Crippen LogP contribution in [0.1, 0.15) is 59.8 Å². The van der Waals surface area contributed by atoms with Gasteiger partial charge in [-0.05, 0) is 31.4 Å². The molecule has 0 fully saturated rings. The van der Waals surface area contributed by atoms with Crippen molar-refractivity contribution in [2.45, 2.75) is 45.3 Å². The van der Waals surface area contributed by atoms with Crippen molar-refractivity contribution in [3.05, 3.63) is 33.4 Å². The highest BCUT2D eigenvalue weighted by Gasteiger charge is 2.38. The lowest BCUT2D eigenvalue weighted by Gasteiger charge is -2.33. The van der Waals surface area contributed by atoms with E-state index in [2.05, 4.69) is 0 Å². The van der Waals surface area contributed by atoms with Crippen molar-refractivity contribution in [1.82, 2.24) is 0 Å². The maximum absolute atomic E-state index is 12.2. The van der Waals surface area contributed by atoms with E-state index in [-0.39, 0.29) is 29.1 Å². The lowest BCUT2D eigenvalue weighted by atomic mass is 9.83. The fourth-order valence-electron chi connectivity index (χ4n) is 3.31. The molecule has 2 atom stereocenters. The van der Waals surface area contributed by atoms with Crippen molar-refractivity contribution in [2.24, 2.45) is 0 Å². The summed E-state index contributed by atoms with van der Waals surface area (Å²) in [6, 6.07) is 1.58. The quantitative estimate of drug-likeness (QED) is 0.808. The maximum atomic E-state index is 12.2. The summed E-state index contributed by atoms with van der Waals surface area (Å²) in [6.07, 6.45) is 1.71. The molecule has 0 spiro atoms. The van der Waals surface area contributed by atoms with Gasteiger partial charge in [0.05, 0.1) is 17.8 Å². The Balaban J connectivity index is 2.28. The molecule has 1 aromatic rings. The molecule has 3 rings (SSSR count). The van der Waals surface area contributed by atoms with E-state index in [4.69, 9.17) is 16.3 Å². The highest BCUT2D eigenvalue weighted by molar-refractivity contribution is 6.64. The molecular weight excluding hydrogens is 320 g/mol. The molecule has 1 aliphatic heterocycles. The topological polar surface area (TPSA) is 83.8 Å². The van der Waals surface area contributed by atoms with Crippen molar-refractivity contribution in [3.63, 3.8) is 0 Å². The zero-order valence-electron chi connectivity index (χ0n) is 12.9. The first-order chi connectivity index (χ1) is 10.9. The number of phenols is 1. The van der Waals surface area contributed by atoms with Gasteiger partial charge in [0.2, 0.25) is 11.6 Å². The number of aromatic hydroxyl groups is 1. The van der Waals surface area contributed by atoms with Crippen LogP contribution in [-0.4, -0.2) is 27.9 Å². The second-order valence-corrected chi connectivity index (χ2v) is 6.35. The van der Waals surface area contributed by atoms with Gasteiger partial charge in [0.25, 0.3) is 0 Å². The summed E-state index contributed by atoms with van der Waals surface area (Å²) in [7, 11) is 0. The predicted molar refractivity (Wildman–Crippen MR) is 84.7 cm³/mol. The van der Waals surface area contributed by atoms with E-state index in [1.807, 2.05) is 13.8 Å². The van der Waals surface area contributed by atoms with Crippen LogP contribution in [-0.2, 0) is 16.0 Å². The number of aliphatic hydroxyl groups excluding tert-OH is 1. The normalized spacial score (nSPS) is 23.8. The number of hydrogen-bond donors (Lipinski definition) is 2. The summed E-state index contributed by atoms with van der Waals surface area (Å²) in [5.74, 6) is -2.55. The van der Waals surface area contributed by atoms with Crippen molar-refractivity contribution in [2.75, 3.05) is 0 Å². The number of rotatable bonds is 2. The second-order valence-electron chi connectivity index (χ2n) is 5.97. The molecule has 0 saturated carbocycles. The van der Waals surface area contributed by atoms with Crippen LogP contribution >= 0.6 is 11.6 Å². The minimum Gasteiger partial charge on any atom is -0.507 e. The van der Waals surface area contributed by atoms with Crippen LogP contribution < -0.4 is 0 Å². The Morgan fingerprint density at radius 2 is 2.00 bits per heavy atom. The number of carbonyl (C=O) groups is 2. The molecule has 6 heteroatoms. The van der Waals surface area contributed by atoms with Crippen LogP contribution in [0.5, 0.6) is 5.75 Å². The van der Waals surface area contributed by atoms with Crippen LogP contribution in [0, 0.1) is 0 Å². The van der Waals surface area contributed by atoms with Crippen LogP contribution in [0.2, 0.25) is 0 Å². The minimum absolute atomic E-state index is 0.00232. The third-order valence-electron chi connectivity index (χ3n) is 4.30. The molecule has 122 valence electrons. The number of allylic oxidation sites excluding steroid dienone is 1. The van der Waals surface area contributed by atoms with Gasteiger partial charge in [-0.2, -0.15) is 0 Å². The first-order valence-corrected chi connectivity index (χ1v) is 7.96. The third kappa shape index (κ3) is 2.35. The van der Waals surface area contributed by atoms with Gasteiger partial charge in [0.15, 0.2) is 0 Å². The highest BCUT2D eigenvalue weighted by Crippen LogP contribution is 2.46. The van der Waals surface area contributed by atoms with Gasteiger partial charge in [0, 0.05) is 11.1 Å². The first kappa shape index (κ1) is 16.0. The molecule has 2 N–H and O–H groups in total. The van der Waals surface area contributed by atoms with E-state index in [1.54, 1.807) is 6.07 Å². The van der Waals surface area contributed by atoms with Crippen molar-refractivity contribution in [3.8, 4) is 5.75 Å². The maximum Gasteiger partial charge on any atom is 0.248 e. The van der Waals surface area contributed by atoms with E-state index < -0.39 is 22.4 Å². The Morgan fingerprint density at radius 1 is 1.30 bits per heavy atom. The molecule has 23 heavy (non-hydrogen) atoms. The number of carbonyl (C=O) groups excluding carboxylic acids is 2. The number of ketones is 2. The fourth-order valence-corrected chi connectivity index (χ4v) is 3.49. The van der Waals surface area contributed by atoms with E-state index in [9.17, 15) is 19.8 Å². The summed E-state index contributed by atoms with van der Waals surface area (Å²) >= 11 is 5.73. The number of phenolic OH excluding ortho intramolecular Hbond substituents is 1. The Morgan fingerprint density at radius 3 is 2.65 bits per heavy atom. The van der Waals surface area contributed by atoms with Gasteiger partial charge < -0.3 is 14.9 Å². The van der Waals surface area contributed by atoms with Crippen molar-refractivity contribution >= 4 is 28.9 Å². The van der Waals surface area contributed by atoms with Gasteiger partial charge in [-0.15, -0.1) is 0 Å². The Kier molecular flexibility index (Phi) is 3.94. The number of halogens is 1. The molecule has 0 aromatic heterocycles. The second kappa shape index (κ2) is 5.65. The molecule has 0 bridgehead atoms. The largest absolute Gasteiger partial charge is 0.507 e. The lowest BCUT2D eigenvalue weighted by Crippen LogP contribution is -2.27. The van der Waals surface area contributed by atoms with Gasteiger partial charge in [-0.3, -0.25) is 9.59 Å². The number of hydrogen-bond acceptors (Lipinski definition) is 5. The molecular formula is C17H17ClO5. The SMILES string of the molecule is CCCC1OC(C)Cc2cc3c(c(O)c21)C(O)=C(Cl)C(=O)C3=O. The van der Waals surface area contributed by atoms with Gasteiger partial charge in [0.1, 0.15) is 16.5 Å². The number of Topliss-reactive ketones (excluding diaryl/α,β-unsaturated/α-hetero) is 2. The van der Waals surface area contributed by atoms with Crippen LogP contribution in [0.15, 0.2) is 11.1 Å². The van der Waals surface area contributed by atoms with E-state index in [1.165, 1.54) is 0 Å². The Labute approximate surface area is 138 Å². The lowest BCUT2D eigenvalue weighted by molar-refractivity contribution is -0.111. The number of ether oxygens (including phenoxy) is 1. The van der Waals surface area contributed by atoms with Crippen LogP contribution in [0.3, 0.4) is 0 Å². The third-order valence-corrected chi connectivity index (χ3v) is 4.65. The van der Waals surface area contributed by atoms with E-state index in [0.717, 1.165) is 12.0 Å². The van der Waals surface area contributed by atoms with Crippen LogP contribution in [0.4, 0.5) is 0 Å². The summed E-state index contributed by atoms with van der Waals surface area (Å²) in [5.41, 5.74) is 1.27. The van der Waals surface area contributed by atoms with Gasteiger partial charge >= 0.3 is 0 Å². The molecule has 5 nitrogen and oxygen atoms in total. The summed E-state index contributed by atoms with van der Waals surface area (Å²) in [5, 5.41) is 20.2. The van der Waals surface area contributed by atoms with Crippen molar-refractivity contribution in [1.29, 1.82) is 0 Å². The van der Waals surface area contributed by atoms with E-state index >= 15 is 0 Å². The monoisotopic (exact) mass is 336 g/mol. The van der Waals surface area contributed by atoms with E-state index in [0.29, 0.717) is 18.4 Å². The molecule has 2 unspecified atom stereocenters. The fraction of sp³-hybridized carbons (Fsp3) is 0.412. The molecule has 1 aromatic carbocycles. The standard InChI is InChI=1S/C17H17ClO5/c1-3-4-10-11-8(5-7(2)23-10)6-9-12(15(11)20)16(21)13(18)17(22)14(9)19/h6-7,10,20-21H,3-5H2,1-2H3. The molecule has 0 amide bonds. The van der Waals surface area contributed by atoms with Gasteiger partial charge in [-0.25, -0.2) is 0 Å². The number of fused-ring (bicyclic) bond motifs is 2. The summed E-state index contributed by atoms with van der Waals surface area (Å²) in [4.78, 5) is 24.0. The van der Waals surface area contributed by atoms with Crippen molar-refractivity contribution < 1.29 is 24.5 Å². The highest BCUT2D eigenvalue weighted by atomic mass is 35.5. The Bertz CT molecular complexity index is 750. The van der Waals surface area contributed by atoms with Crippen LogP contribution in [0.25, 0.3) is 5.76 Å². The predicted octanol–water partition coefficient (Wildman–Crippen LogP) is 3.43. The average Bonchev–Trinajstić information content (AvgIpc) is 2.50. The van der Waals surface area contributed by atoms with Gasteiger partial charge in [-0.1, -0.05) is 24.9 Å². The zero-order valence-corrected chi connectivity index (χ0v) is 13.6. The Hall–Kier alpha value is -1.85. The molecule has 2 aliphatic rings. The summed E-state index contributed by atoms with van der Waals surface area (Å²) < 4.78 is 5.89. The zero-order chi connectivity index (χ0) is 16.9. The number of aliphatic hydroxyl groups is 1. The molecule has 0 saturated heterocycles. The molecule has 0 radical (unpaired) electrons. The average molecular weight is 337 g/mol. The first-order valence-electron chi connectivity index (χ1n) is 7.59. The summed E-state index contributed by atoms with van der Waals surface area (Å²) in [6.45, 7) is 3.93. The smallest absolute Gasteiger partial charge is 0.248 e. The molecule has 1 heterocycles. The minimum atomic E-state index is -0.957. The molecule has 1 aliphatic carbocycles. The number of benzene rings is 1.